The lowest BCUT2D eigenvalue weighted by Gasteiger charge is -2.31. The van der Waals surface area contributed by atoms with Crippen molar-refractivity contribution in [1.82, 2.24) is 14.9 Å². The summed E-state index contributed by atoms with van der Waals surface area (Å²) in [5.41, 5.74) is 3.05. The lowest BCUT2D eigenvalue weighted by molar-refractivity contribution is -0.134. The zero-order valence-electron chi connectivity index (χ0n) is 21.3. The molecule has 1 N–H and O–H groups in total. The molecule has 8 heteroatoms. The molecule has 2 aliphatic rings. The Morgan fingerprint density at radius 3 is 2.58 bits per heavy atom. The Bertz CT molecular complexity index is 1050. The molecular formula is C28H37FN4O3. The first-order chi connectivity index (χ1) is 17.5. The molecule has 1 atom stereocenters. The van der Waals surface area contributed by atoms with Crippen LogP contribution in [0.15, 0.2) is 36.7 Å². The lowest BCUT2D eigenvalue weighted by Crippen LogP contribution is -2.36. The van der Waals surface area contributed by atoms with Crippen molar-refractivity contribution in [2.24, 2.45) is 11.8 Å². The summed E-state index contributed by atoms with van der Waals surface area (Å²) in [5.74, 6) is 1.06. The van der Waals surface area contributed by atoms with Crippen LogP contribution in [0.25, 0.3) is 5.57 Å². The number of hydrogen-bond donors (Lipinski definition) is 1. The van der Waals surface area contributed by atoms with Crippen LogP contribution in [0.5, 0.6) is 5.75 Å². The van der Waals surface area contributed by atoms with Gasteiger partial charge >= 0.3 is 0 Å². The van der Waals surface area contributed by atoms with Gasteiger partial charge in [-0.05, 0) is 73.3 Å². The number of carbonyl (C=O) groups is 1. The van der Waals surface area contributed by atoms with Crippen molar-refractivity contribution >= 4 is 17.4 Å². The van der Waals surface area contributed by atoms with Crippen LogP contribution in [0.2, 0.25) is 0 Å². The molecule has 0 spiro atoms. The third-order valence-electron chi connectivity index (χ3n) is 7.35. The monoisotopic (exact) mass is 496 g/mol. The van der Waals surface area contributed by atoms with E-state index in [2.05, 4.69) is 21.8 Å². The molecule has 2 aromatic rings. The van der Waals surface area contributed by atoms with Crippen molar-refractivity contribution in [2.45, 2.75) is 45.4 Å². The van der Waals surface area contributed by atoms with E-state index in [0.717, 1.165) is 67.8 Å². The number of aromatic nitrogens is 2. The Labute approximate surface area is 213 Å². The summed E-state index contributed by atoms with van der Waals surface area (Å²) in [7, 11) is 1.72. The lowest BCUT2D eigenvalue weighted by atomic mass is 9.86. The Balaban J connectivity index is 1.26. The second-order valence-electron chi connectivity index (χ2n) is 9.82. The largest absolute Gasteiger partial charge is 0.490 e. The Morgan fingerprint density at radius 1 is 1.22 bits per heavy atom. The summed E-state index contributed by atoms with van der Waals surface area (Å²) in [6.07, 6.45) is 10.8. The molecule has 4 rings (SSSR count). The van der Waals surface area contributed by atoms with E-state index >= 15 is 0 Å². The predicted molar refractivity (Wildman–Crippen MR) is 138 cm³/mol. The number of likely N-dealkylation sites (N-methyl/N-ethyl adjacent to an activating group) is 1. The van der Waals surface area contributed by atoms with E-state index in [0.29, 0.717) is 25.5 Å². The van der Waals surface area contributed by atoms with Gasteiger partial charge in [0.25, 0.3) is 0 Å². The van der Waals surface area contributed by atoms with Gasteiger partial charge in [-0.2, -0.15) is 0 Å². The zero-order valence-corrected chi connectivity index (χ0v) is 21.3. The van der Waals surface area contributed by atoms with E-state index in [4.69, 9.17) is 9.84 Å². The number of carbonyl (C=O) groups excluding carboxylic acids is 1. The maximum Gasteiger partial charge on any atom is 0.225 e. The normalized spacial score (nSPS) is 18.6. The summed E-state index contributed by atoms with van der Waals surface area (Å²) < 4.78 is 20.7. The van der Waals surface area contributed by atoms with Gasteiger partial charge in [0.05, 0.1) is 13.2 Å². The van der Waals surface area contributed by atoms with Crippen LogP contribution in [0.4, 0.5) is 10.3 Å². The second-order valence-corrected chi connectivity index (χ2v) is 9.82. The van der Waals surface area contributed by atoms with Crippen molar-refractivity contribution in [3.05, 3.63) is 53.6 Å². The molecular weight excluding hydrogens is 459 g/mol. The van der Waals surface area contributed by atoms with Crippen LogP contribution in [0.3, 0.4) is 0 Å². The zero-order chi connectivity index (χ0) is 25.5. The average Bonchev–Trinajstić information content (AvgIpc) is 2.92. The molecule has 194 valence electrons. The van der Waals surface area contributed by atoms with E-state index in [1.807, 2.05) is 24.5 Å². The highest BCUT2D eigenvalue weighted by Gasteiger charge is 2.25. The fourth-order valence-electron chi connectivity index (χ4n) is 4.91. The molecule has 1 unspecified atom stereocenters. The molecule has 7 nitrogen and oxygen atoms in total. The highest BCUT2D eigenvalue weighted by Crippen LogP contribution is 2.33. The summed E-state index contributed by atoms with van der Waals surface area (Å²) in [5, 5.41) is 9.05. The van der Waals surface area contributed by atoms with Crippen LogP contribution < -0.4 is 9.64 Å². The summed E-state index contributed by atoms with van der Waals surface area (Å²) in [6, 6.07) is 5.17. The van der Waals surface area contributed by atoms with Crippen molar-refractivity contribution in [1.29, 1.82) is 0 Å². The van der Waals surface area contributed by atoms with Gasteiger partial charge in [-0.3, -0.25) is 4.79 Å². The molecule has 1 aliphatic heterocycles. The molecule has 0 saturated carbocycles. The van der Waals surface area contributed by atoms with Gasteiger partial charge < -0.3 is 19.6 Å². The first-order valence-electron chi connectivity index (χ1n) is 13.0. The topological polar surface area (TPSA) is 78.8 Å². The molecule has 1 aliphatic carbocycles. The quantitative estimate of drug-likeness (QED) is 0.563. The van der Waals surface area contributed by atoms with E-state index < -0.39 is 0 Å². The van der Waals surface area contributed by atoms with E-state index in [1.54, 1.807) is 24.1 Å². The highest BCUT2D eigenvalue weighted by atomic mass is 19.1. The fraction of sp³-hybridized carbons (Fsp3) is 0.536. The smallest absolute Gasteiger partial charge is 0.225 e. The Morgan fingerprint density at radius 2 is 1.97 bits per heavy atom. The van der Waals surface area contributed by atoms with Gasteiger partial charge in [-0.1, -0.05) is 19.1 Å². The van der Waals surface area contributed by atoms with Gasteiger partial charge in [0.1, 0.15) is 0 Å². The van der Waals surface area contributed by atoms with Crippen LogP contribution in [-0.4, -0.2) is 65.8 Å². The SMILES string of the molecule is CCc1cnc(N2CCC(COc3ccc(C4=CCC(C(=O)N(C)CCO)CC4)cc3F)CC2)nc1. The number of benzene rings is 1. The number of ether oxygens (including phenoxy) is 1. The molecule has 2 heterocycles. The van der Waals surface area contributed by atoms with Gasteiger partial charge in [0.15, 0.2) is 11.6 Å². The van der Waals surface area contributed by atoms with Crippen molar-refractivity contribution in [3.63, 3.8) is 0 Å². The number of aliphatic hydroxyl groups excluding tert-OH is 1. The fourth-order valence-corrected chi connectivity index (χ4v) is 4.91. The third kappa shape index (κ3) is 6.40. The number of anilines is 1. The third-order valence-corrected chi connectivity index (χ3v) is 7.35. The maximum atomic E-state index is 14.8. The first-order valence-corrected chi connectivity index (χ1v) is 13.0. The van der Waals surface area contributed by atoms with Gasteiger partial charge in [0.2, 0.25) is 11.9 Å². The van der Waals surface area contributed by atoms with Crippen molar-refractivity contribution < 1.29 is 19.0 Å². The minimum absolute atomic E-state index is 0.0363. The van der Waals surface area contributed by atoms with Crippen LogP contribution in [0, 0.1) is 17.7 Å². The van der Waals surface area contributed by atoms with E-state index in [9.17, 15) is 9.18 Å². The van der Waals surface area contributed by atoms with Crippen LogP contribution in [0.1, 0.15) is 50.2 Å². The van der Waals surface area contributed by atoms with Crippen molar-refractivity contribution in [2.75, 3.05) is 44.8 Å². The number of halogens is 1. The predicted octanol–water partition coefficient (Wildman–Crippen LogP) is 4.11. The van der Waals surface area contributed by atoms with Crippen LogP contribution in [-0.2, 0) is 11.2 Å². The molecule has 0 radical (unpaired) electrons. The number of aryl methyl sites for hydroxylation is 1. The molecule has 1 aromatic carbocycles. The minimum atomic E-state index is -0.351. The highest BCUT2D eigenvalue weighted by molar-refractivity contribution is 5.80. The Hall–Kier alpha value is -3.00. The van der Waals surface area contributed by atoms with Gasteiger partial charge in [-0.15, -0.1) is 0 Å². The summed E-state index contributed by atoms with van der Waals surface area (Å²) in [4.78, 5) is 25.2. The summed E-state index contributed by atoms with van der Waals surface area (Å²) in [6.45, 7) is 4.63. The Kier molecular flexibility index (Phi) is 8.91. The van der Waals surface area contributed by atoms with Gasteiger partial charge in [-0.25, -0.2) is 14.4 Å². The number of rotatable bonds is 9. The number of piperidine rings is 1. The van der Waals surface area contributed by atoms with E-state index in [1.165, 1.54) is 0 Å². The number of allylic oxidation sites excluding steroid dienone is 2. The minimum Gasteiger partial charge on any atom is -0.490 e. The van der Waals surface area contributed by atoms with Gasteiger partial charge in [0, 0.05) is 45.0 Å². The van der Waals surface area contributed by atoms with Crippen molar-refractivity contribution in [3.8, 4) is 5.75 Å². The molecule has 36 heavy (non-hydrogen) atoms. The second kappa shape index (κ2) is 12.3. The number of aliphatic hydroxyl groups is 1. The number of nitrogens with zero attached hydrogens (tertiary/aromatic N) is 4. The van der Waals surface area contributed by atoms with Crippen LogP contribution >= 0.6 is 0 Å². The molecule has 1 fully saturated rings. The summed E-state index contributed by atoms with van der Waals surface area (Å²) >= 11 is 0. The van der Waals surface area contributed by atoms with E-state index in [-0.39, 0.29) is 30.0 Å². The molecule has 1 aromatic heterocycles. The standard InChI is InChI=1S/C28H37FN4O3/c1-3-20-17-30-28(31-18-20)33-12-10-21(11-13-33)19-36-26-9-8-24(16-25(26)29)22-4-6-23(7-5-22)27(35)32(2)14-15-34/h4,8-9,16-18,21,23,34H,3,5-7,10-15,19H2,1-2H3. The first kappa shape index (κ1) is 26.1. The number of amides is 1. The maximum absolute atomic E-state index is 14.8. The average molecular weight is 497 g/mol. The molecule has 1 amide bonds. The molecule has 0 bridgehead atoms. The molecule has 1 saturated heterocycles. The number of hydrogen-bond acceptors (Lipinski definition) is 6.